The van der Waals surface area contributed by atoms with Crippen LogP contribution < -0.4 is 15.5 Å². The van der Waals surface area contributed by atoms with E-state index < -0.39 is 0 Å². The third-order valence-corrected chi connectivity index (χ3v) is 4.82. The van der Waals surface area contributed by atoms with E-state index >= 15 is 0 Å². The van der Waals surface area contributed by atoms with Gasteiger partial charge in [0.1, 0.15) is 5.75 Å². The largest absolute Gasteiger partial charge is 0.484 e. The van der Waals surface area contributed by atoms with Crippen molar-refractivity contribution in [1.82, 2.24) is 10.7 Å². The summed E-state index contributed by atoms with van der Waals surface area (Å²) < 4.78 is 11.8. The van der Waals surface area contributed by atoms with Gasteiger partial charge in [-0.1, -0.05) is 15.9 Å². The number of ether oxygens (including phenoxy) is 2. The van der Waals surface area contributed by atoms with Crippen molar-refractivity contribution in [2.45, 2.75) is 18.9 Å². The topological polar surface area (TPSA) is 89.0 Å². The van der Waals surface area contributed by atoms with Crippen molar-refractivity contribution in [3.8, 4) is 5.75 Å². The van der Waals surface area contributed by atoms with Crippen LogP contribution in [0.3, 0.4) is 0 Å². The van der Waals surface area contributed by atoms with Crippen molar-refractivity contribution in [2.75, 3.05) is 19.8 Å². The fourth-order valence-electron chi connectivity index (χ4n) is 2.71. The molecule has 0 aromatic heterocycles. The van der Waals surface area contributed by atoms with Gasteiger partial charge in [-0.25, -0.2) is 5.43 Å². The fraction of sp³-hybridized carbons (Fsp3) is 0.286. The van der Waals surface area contributed by atoms with Gasteiger partial charge in [0.2, 0.25) is 0 Å². The zero-order valence-electron chi connectivity index (χ0n) is 15.8. The summed E-state index contributed by atoms with van der Waals surface area (Å²) in [4.78, 5) is 23.8. The molecule has 0 unspecified atom stereocenters. The lowest BCUT2D eigenvalue weighted by atomic mass is 10.2. The molecule has 2 amide bonds. The van der Waals surface area contributed by atoms with Crippen molar-refractivity contribution in [2.24, 2.45) is 5.10 Å². The third-order valence-electron chi connectivity index (χ3n) is 4.29. The van der Waals surface area contributed by atoms with E-state index in [0.29, 0.717) is 17.9 Å². The number of nitrogens with zero attached hydrogens (tertiary/aromatic N) is 1. The highest BCUT2D eigenvalue weighted by atomic mass is 79.9. The Balaban J connectivity index is 1.39. The Kier molecular flexibility index (Phi) is 7.77. The van der Waals surface area contributed by atoms with Crippen LogP contribution in [0.15, 0.2) is 58.1 Å². The summed E-state index contributed by atoms with van der Waals surface area (Å²) >= 11 is 3.33. The van der Waals surface area contributed by atoms with Gasteiger partial charge in [0, 0.05) is 23.2 Å². The summed E-state index contributed by atoms with van der Waals surface area (Å²) in [5.41, 5.74) is 3.79. The second-order valence-electron chi connectivity index (χ2n) is 6.50. The SMILES string of the molecule is O=C(COc1ccc(/C=N\NC(=O)c2ccc(Br)cc2)cc1)NC[C@H]1CCCO1. The van der Waals surface area contributed by atoms with Crippen LogP contribution in [0.5, 0.6) is 5.75 Å². The molecule has 2 aromatic rings. The summed E-state index contributed by atoms with van der Waals surface area (Å²) in [5.74, 6) is 0.109. The zero-order chi connectivity index (χ0) is 20.5. The van der Waals surface area contributed by atoms with Gasteiger partial charge in [0.15, 0.2) is 6.61 Å². The number of hydrogen-bond acceptors (Lipinski definition) is 5. The van der Waals surface area contributed by atoms with Crippen LogP contribution in [-0.4, -0.2) is 43.9 Å². The van der Waals surface area contributed by atoms with E-state index in [9.17, 15) is 9.59 Å². The number of carbonyl (C=O) groups excluding carboxylic acids is 2. The van der Waals surface area contributed by atoms with Crippen LogP contribution in [0.4, 0.5) is 0 Å². The maximum absolute atomic E-state index is 12.0. The molecular formula is C21H22BrN3O4. The van der Waals surface area contributed by atoms with Crippen LogP contribution in [-0.2, 0) is 9.53 Å². The van der Waals surface area contributed by atoms with Gasteiger partial charge in [-0.3, -0.25) is 9.59 Å². The maximum Gasteiger partial charge on any atom is 0.271 e. The van der Waals surface area contributed by atoms with Gasteiger partial charge in [0.05, 0.1) is 12.3 Å². The number of hydrogen-bond donors (Lipinski definition) is 2. The van der Waals surface area contributed by atoms with Crippen LogP contribution >= 0.6 is 15.9 Å². The number of rotatable bonds is 8. The van der Waals surface area contributed by atoms with E-state index in [4.69, 9.17) is 9.47 Å². The number of hydrazone groups is 1. The van der Waals surface area contributed by atoms with Crippen LogP contribution in [0.2, 0.25) is 0 Å². The first-order valence-corrected chi connectivity index (χ1v) is 10.1. The van der Waals surface area contributed by atoms with Crippen LogP contribution in [0.1, 0.15) is 28.8 Å². The molecule has 3 rings (SSSR count). The molecule has 0 spiro atoms. The van der Waals surface area contributed by atoms with E-state index in [2.05, 4.69) is 31.8 Å². The van der Waals surface area contributed by atoms with E-state index in [-0.39, 0.29) is 24.5 Å². The molecule has 0 saturated carbocycles. The number of carbonyl (C=O) groups is 2. The molecule has 7 nitrogen and oxygen atoms in total. The first-order chi connectivity index (χ1) is 14.1. The van der Waals surface area contributed by atoms with Gasteiger partial charge in [-0.2, -0.15) is 5.10 Å². The Morgan fingerprint density at radius 3 is 2.62 bits per heavy atom. The molecule has 0 aliphatic carbocycles. The van der Waals surface area contributed by atoms with Crippen LogP contribution in [0, 0.1) is 0 Å². The minimum absolute atomic E-state index is 0.0522. The molecule has 1 saturated heterocycles. The minimum Gasteiger partial charge on any atom is -0.484 e. The summed E-state index contributed by atoms with van der Waals surface area (Å²) in [7, 11) is 0. The molecule has 1 fully saturated rings. The summed E-state index contributed by atoms with van der Waals surface area (Å²) in [5, 5.41) is 6.76. The summed E-state index contributed by atoms with van der Waals surface area (Å²) in [6, 6.07) is 14.1. The molecule has 1 atom stereocenters. The van der Waals surface area contributed by atoms with Gasteiger partial charge in [0.25, 0.3) is 11.8 Å². The minimum atomic E-state index is -0.289. The average molecular weight is 460 g/mol. The van der Waals surface area contributed by atoms with Crippen molar-refractivity contribution in [3.63, 3.8) is 0 Å². The molecule has 2 aromatic carbocycles. The molecule has 29 heavy (non-hydrogen) atoms. The number of benzene rings is 2. The molecule has 1 aliphatic rings. The van der Waals surface area contributed by atoms with E-state index in [1.165, 1.54) is 6.21 Å². The first-order valence-electron chi connectivity index (χ1n) is 9.30. The Labute approximate surface area is 177 Å². The van der Waals surface area contributed by atoms with Crippen molar-refractivity contribution < 1.29 is 19.1 Å². The molecular weight excluding hydrogens is 438 g/mol. The van der Waals surface area contributed by atoms with Gasteiger partial charge in [-0.15, -0.1) is 0 Å². The summed E-state index contributed by atoms with van der Waals surface area (Å²) in [6.45, 7) is 1.23. The van der Waals surface area contributed by atoms with E-state index in [1.54, 1.807) is 48.5 Å². The smallest absolute Gasteiger partial charge is 0.271 e. The van der Waals surface area contributed by atoms with Crippen LogP contribution in [0.25, 0.3) is 0 Å². The lowest BCUT2D eigenvalue weighted by Crippen LogP contribution is -2.35. The predicted molar refractivity (Wildman–Crippen MR) is 113 cm³/mol. The molecule has 0 bridgehead atoms. The standard InChI is InChI=1S/C21H22BrN3O4/c22-17-7-5-16(6-8-17)21(27)25-24-12-15-3-9-18(10-4-15)29-14-20(26)23-13-19-2-1-11-28-19/h3-10,12,19H,1-2,11,13-14H2,(H,23,26)(H,25,27)/b24-12-/t19-/m1/s1. The third kappa shape index (κ3) is 6.99. The molecule has 2 N–H and O–H groups in total. The fourth-order valence-corrected chi connectivity index (χ4v) is 2.98. The Hall–Kier alpha value is -2.71. The normalized spacial score (nSPS) is 16.0. The summed E-state index contributed by atoms with van der Waals surface area (Å²) in [6.07, 6.45) is 3.67. The monoisotopic (exact) mass is 459 g/mol. The lowest BCUT2D eigenvalue weighted by molar-refractivity contribution is -0.123. The Morgan fingerprint density at radius 1 is 1.17 bits per heavy atom. The molecule has 0 radical (unpaired) electrons. The number of amides is 2. The number of halogens is 1. The maximum atomic E-state index is 12.0. The average Bonchev–Trinajstić information content (AvgIpc) is 3.26. The van der Waals surface area contributed by atoms with E-state index in [0.717, 1.165) is 29.5 Å². The van der Waals surface area contributed by atoms with E-state index in [1.807, 2.05) is 0 Å². The molecule has 152 valence electrons. The van der Waals surface area contributed by atoms with Crippen molar-refractivity contribution in [3.05, 3.63) is 64.1 Å². The molecule has 1 aliphatic heterocycles. The lowest BCUT2D eigenvalue weighted by Gasteiger charge is -2.11. The van der Waals surface area contributed by atoms with Crippen molar-refractivity contribution in [1.29, 1.82) is 0 Å². The van der Waals surface area contributed by atoms with Crippen molar-refractivity contribution >= 4 is 34.0 Å². The van der Waals surface area contributed by atoms with Gasteiger partial charge in [-0.05, 0) is 66.9 Å². The Morgan fingerprint density at radius 2 is 1.93 bits per heavy atom. The van der Waals surface area contributed by atoms with Gasteiger partial charge >= 0.3 is 0 Å². The van der Waals surface area contributed by atoms with Gasteiger partial charge < -0.3 is 14.8 Å². The number of nitrogens with one attached hydrogen (secondary N) is 2. The highest BCUT2D eigenvalue weighted by Crippen LogP contribution is 2.12. The molecule has 8 heteroatoms. The highest BCUT2D eigenvalue weighted by molar-refractivity contribution is 9.10. The predicted octanol–water partition coefficient (Wildman–Crippen LogP) is 2.89. The highest BCUT2D eigenvalue weighted by Gasteiger charge is 2.16. The molecule has 1 heterocycles. The second-order valence-corrected chi connectivity index (χ2v) is 7.42. The first kappa shape index (κ1) is 21.0. The quantitative estimate of drug-likeness (QED) is 0.469. The second kappa shape index (κ2) is 10.7. The zero-order valence-corrected chi connectivity index (χ0v) is 17.4. The Bertz CT molecular complexity index is 847.